The van der Waals surface area contributed by atoms with E-state index in [9.17, 15) is 14.4 Å². The van der Waals surface area contributed by atoms with Crippen LogP contribution in [-0.2, 0) is 28.6 Å². The highest BCUT2D eigenvalue weighted by molar-refractivity contribution is 5.71. The molecular formula is C76H136O6. The normalized spacial score (nSPS) is 12.5. The Morgan fingerprint density at radius 1 is 0.256 bits per heavy atom. The lowest BCUT2D eigenvalue weighted by Gasteiger charge is -2.18. The second kappa shape index (κ2) is 70.3. The zero-order valence-electron chi connectivity index (χ0n) is 54.8. The van der Waals surface area contributed by atoms with E-state index in [1.54, 1.807) is 0 Å². The highest BCUT2D eigenvalue weighted by Crippen LogP contribution is 2.18. The van der Waals surface area contributed by atoms with Crippen LogP contribution in [0.1, 0.15) is 374 Å². The molecule has 0 aliphatic heterocycles. The van der Waals surface area contributed by atoms with E-state index in [1.165, 1.54) is 231 Å². The molecule has 6 nitrogen and oxygen atoms in total. The molecule has 476 valence electrons. The number of hydrogen-bond donors (Lipinski definition) is 0. The summed E-state index contributed by atoms with van der Waals surface area (Å²) in [6.07, 6.45) is 92.2. The van der Waals surface area contributed by atoms with Crippen molar-refractivity contribution in [1.82, 2.24) is 0 Å². The fraction of sp³-hybridized carbons (Fsp3) is 0.803. The molecule has 0 rings (SSSR count). The van der Waals surface area contributed by atoms with Crippen molar-refractivity contribution in [1.29, 1.82) is 0 Å². The predicted molar refractivity (Wildman–Crippen MR) is 358 cm³/mol. The van der Waals surface area contributed by atoms with E-state index in [1.807, 2.05) is 0 Å². The molecule has 0 spiro atoms. The fourth-order valence-corrected chi connectivity index (χ4v) is 10.5. The number of esters is 3. The number of rotatable bonds is 66. The Morgan fingerprint density at radius 3 is 0.756 bits per heavy atom. The third-order valence-corrected chi connectivity index (χ3v) is 15.9. The maximum atomic E-state index is 12.9. The summed E-state index contributed by atoms with van der Waals surface area (Å²) in [5.41, 5.74) is 0. The zero-order valence-corrected chi connectivity index (χ0v) is 54.8. The van der Waals surface area contributed by atoms with Gasteiger partial charge < -0.3 is 14.2 Å². The monoisotopic (exact) mass is 1150 g/mol. The van der Waals surface area contributed by atoms with E-state index in [0.29, 0.717) is 19.3 Å². The molecule has 82 heavy (non-hydrogen) atoms. The van der Waals surface area contributed by atoms with E-state index in [0.717, 1.165) is 103 Å². The molecule has 0 saturated heterocycles. The molecule has 0 aromatic carbocycles. The van der Waals surface area contributed by atoms with Gasteiger partial charge in [-0.05, 0) is 109 Å². The van der Waals surface area contributed by atoms with Crippen molar-refractivity contribution in [2.75, 3.05) is 13.2 Å². The number of ether oxygens (including phenoxy) is 3. The standard InChI is InChI=1S/C76H136O6/c1-4-7-10-13-16-19-22-25-28-31-33-34-35-36-37-38-39-40-41-42-44-45-48-51-54-57-60-63-66-69-75(78)81-72-73(71-80-74(77)68-65-62-59-56-53-50-47-30-27-24-21-18-15-12-9-6-3)82-76(79)70-67-64-61-58-55-52-49-46-43-32-29-26-23-20-17-14-11-8-5-2/h8,11,17,20,26,29-31,33,43,46-47,73H,4-7,9-10,12-16,18-19,21-25,27-28,32,34-42,44-45,48-72H2,1-3H3/b11-8-,20-17-,29-26-,33-31-,46-43-,47-30-. The first-order chi connectivity index (χ1) is 40.5. The molecule has 0 bridgehead atoms. The third-order valence-electron chi connectivity index (χ3n) is 15.9. The molecule has 6 heteroatoms. The Labute approximate surface area is 510 Å². The van der Waals surface area contributed by atoms with E-state index >= 15 is 0 Å². The first kappa shape index (κ1) is 78.8. The van der Waals surface area contributed by atoms with Crippen molar-refractivity contribution >= 4 is 17.9 Å². The number of hydrogen-bond acceptors (Lipinski definition) is 6. The van der Waals surface area contributed by atoms with Gasteiger partial charge in [-0.3, -0.25) is 14.4 Å². The van der Waals surface area contributed by atoms with Crippen LogP contribution >= 0.6 is 0 Å². The second-order valence-electron chi connectivity index (χ2n) is 24.1. The largest absolute Gasteiger partial charge is 0.462 e. The number of carbonyl (C=O) groups is 3. The highest BCUT2D eigenvalue weighted by atomic mass is 16.6. The van der Waals surface area contributed by atoms with Gasteiger partial charge in [0, 0.05) is 19.3 Å². The molecule has 0 aliphatic rings. The van der Waals surface area contributed by atoms with Gasteiger partial charge in [-0.25, -0.2) is 0 Å². The van der Waals surface area contributed by atoms with Gasteiger partial charge in [-0.15, -0.1) is 0 Å². The van der Waals surface area contributed by atoms with Gasteiger partial charge in [0.15, 0.2) is 6.10 Å². The van der Waals surface area contributed by atoms with E-state index in [4.69, 9.17) is 14.2 Å². The average molecular weight is 1150 g/mol. The Balaban J connectivity index is 4.27. The molecule has 0 amide bonds. The summed E-state index contributed by atoms with van der Waals surface area (Å²) in [7, 11) is 0. The van der Waals surface area contributed by atoms with Crippen molar-refractivity contribution in [3.8, 4) is 0 Å². The van der Waals surface area contributed by atoms with Gasteiger partial charge in [0.05, 0.1) is 0 Å². The fourth-order valence-electron chi connectivity index (χ4n) is 10.5. The van der Waals surface area contributed by atoms with Gasteiger partial charge in [0.25, 0.3) is 0 Å². The Hall–Kier alpha value is -3.15. The Morgan fingerprint density at radius 2 is 0.476 bits per heavy atom. The Kier molecular flexibility index (Phi) is 67.6. The average Bonchev–Trinajstić information content (AvgIpc) is 3.47. The van der Waals surface area contributed by atoms with Crippen LogP contribution in [0.3, 0.4) is 0 Å². The topological polar surface area (TPSA) is 78.9 Å². The molecule has 1 atom stereocenters. The van der Waals surface area contributed by atoms with Crippen molar-refractivity contribution in [2.24, 2.45) is 0 Å². The van der Waals surface area contributed by atoms with Crippen LogP contribution < -0.4 is 0 Å². The second-order valence-corrected chi connectivity index (χ2v) is 24.1. The van der Waals surface area contributed by atoms with E-state index in [2.05, 4.69) is 93.7 Å². The minimum absolute atomic E-state index is 0.0810. The zero-order chi connectivity index (χ0) is 59.2. The van der Waals surface area contributed by atoms with E-state index in [-0.39, 0.29) is 31.1 Å². The summed E-state index contributed by atoms with van der Waals surface area (Å²) in [4.78, 5) is 38.5. The number of allylic oxidation sites excluding steroid dienone is 12. The maximum absolute atomic E-state index is 12.9. The SMILES string of the molecule is CC/C=C\C/C=C\C/C=C\C/C=C\CCCCCCCCC(=O)OC(COC(=O)CCCCCCC/C=C\CCCCCCCCC)COC(=O)CCCCCCCCCCCCCCCCCCC/C=C\CCCCCCCCCC. The van der Waals surface area contributed by atoms with Gasteiger partial charge in [0.2, 0.25) is 0 Å². The molecule has 1 unspecified atom stereocenters. The predicted octanol–water partition coefficient (Wildman–Crippen LogP) is 24.8. The summed E-state index contributed by atoms with van der Waals surface area (Å²) in [6.45, 7) is 6.56. The molecule has 0 aromatic rings. The first-order valence-corrected chi connectivity index (χ1v) is 35.9. The molecule has 0 heterocycles. The van der Waals surface area contributed by atoms with Gasteiger partial charge in [-0.2, -0.15) is 0 Å². The van der Waals surface area contributed by atoms with Crippen molar-refractivity contribution < 1.29 is 28.6 Å². The van der Waals surface area contributed by atoms with Gasteiger partial charge in [0.1, 0.15) is 13.2 Å². The molecular weight excluding hydrogens is 1010 g/mol. The summed E-state index contributed by atoms with van der Waals surface area (Å²) < 4.78 is 17.0. The Bertz CT molecular complexity index is 1500. The molecule has 0 N–H and O–H groups in total. The minimum atomic E-state index is -0.788. The molecule has 0 fully saturated rings. The van der Waals surface area contributed by atoms with E-state index < -0.39 is 6.10 Å². The quantitative estimate of drug-likeness (QED) is 0.0261. The van der Waals surface area contributed by atoms with Crippen LogP contribution in [0, 0.1) is 0 Å². The summed E-state index contributed by atoms with van der Waals surface area (Å²) in [5, 5.41) is 0. The summed E-state index contributed by atoms with van der Waals surface area (Å²) >= 11 is 0. The first-order valence-electron chi connectivity index (χ1n) is 35.9. The number of carbonyl (C=O) groups excluding carboxylic acids is 3. The van der Waals surface area contributed by atoms with Crippen LogP contribution in [0.2, 0.25) is 0 Å². The van der Waals surface area contributed by atoms with Crippen LogP contribution in [0.4, 0.5) is 0 Å². The van der Waals surface area contributed by atoms with Crippen molar-refractivity contribution in [3.05, 3.63) is 72.9 Å². The maximum Gasteiger partial charge on any atom is 0.306 e. The van der Waals surface area contributed by atoms with Crippen LogP contribution in [-0.4, -0.2) is 37.2 Å². The molecule has 0 saturated carbocycles. The highest BCUT2D eigenvalue weighted by Gasteiger charge is 2.19. The lowest BCUT2D eigenvalue weighted by atomic mass is 10.0. The van der Waals surface area contributed by atoms with Crippen LogP contribution in [0.25, 0.3) is 0 Å². The van der Waals surface area contributed by atoms with Crippen LogP contribution in [0.15, 0.2) is 72.9 Å². The lowest BCUT2D eigenvalue weighted by molar-refractivity contribution is -0.167. The van der Waals surface area contributed by atoms with Crippen molar-refractivity contribution in [2.45, 2.75) is 380 Å². The summed E-state index contributed by atoms with van der Waals surface area (Å²) in [6, 6.07) is 0. The smallest absolute Gasteiger partial charge is 0.306 e. The molecule has 0 aromatic heterocycles. The minimum Gasteiger partial charge on any atom is -0.462 e. The van der Waals surface area contributed by atoms with Crippen molar-refractivity contribution in [3.63, 3.8) is 0 Å². The molecule has 0 radical (unpaired) electrons. The third kappa shape index (κ3) is 67.6. The van der Waals surface area contributed by atoms with Gasteiger partial charge in [-0.1, -0.05) is 318 Å². The molecule has 0 aliphatic carbocycles. The number of unbranched alkanes of at least 4 members (excludes halogenated alkanes) is 43. The summed E-state index contributed by atoms with van der Waals surface area (Å²) in [5.74, 6) is -0.883. The lowest BCUT2D eigenvalue weighted by Crippen LogP contribution is -2.30. The van der Waals surface area contributed by atoms with Gasteiger partial charge >= 0.3 is 17.9 Å². The van der Waals surface area contributed by atoms with Crippen LogP contribution in [0.5, 0.6) is 0 Å².